The van der Waals surface area contributed by atoms with Crippen molar-refractivity contribution in [3.63, 3.8) is 0 Å². The van der Waals surface area contributed by atoms with Crippen LogP contribution in [0.5, 0.6) is 0 Å². The molecule has 10 rings (SSSR count). The topological polar surface area (TPSA) is 13.1 Å². The Morgan fingerprint density at radius 2 is 0.961 bits per heavy atom. The van der Waals surface area contributed by atoms with Crippen LogP contribution in [0.2, 0.25) is 0 Å². The van der Waals surface area contributed by atoms with Gasteiger partial charge in [-0.15, -0.1) is 0 Å². The minimum absolute atomic E-state index is 0.110. The summed E-state index contributed by atoms with van der Waals surface area (Å²) in [5, 5.41) is 4.38. The highest BCUT2D eigenvalue weighted by Crippen LogP contribution is 2.48. The van der Waals surface area contributed by atoms with Crippen LogP contribution >= 0.6 is 0 Å². The molecular formula is C50H32O. The first-order chi connectivity index (χ1) is 30.7. The fourth-order valence-electron chi connectivity index (χ4n) is 7.19. The molecule has 1 aromatic heterocycles. The minimum Gasteiger partial charge on any atom is -0.456 e. The molecule has 1 nitrogen and oxygen atoms in total. The van der Waals surface area contributed by atoms with E-state index in [1.807, 2.05) is 109 Å². The van der Waals surface area contributed by atoms with Gasteiger partial charge in [0.25, 0.3) is 0 Å². The normalized spacial score (nSPS) is 15.1. The van der Waals surface area contributed by atoms with Crippen molar-refractivity contribution in [3.05, 3.63) is 194 Å². The molecule has 0 fully saturated rings. The average Bonchev–Trinajstić information content (AvgIpc) is 3.70. The van der Waals surface area contributed by atoms with Crippen molar-refractivity contribution in [3.8, 4) is 55.6 Å². The Bertz CT molecular complexity index is 3540. The molecule has 0 aliphatic heterocycles. The average molecular weight is 662 g/mol. The maximum absolute atomic E-state index is 10.1. The minimum atomic E-state index is -0.742. The second kappa shape index (κ2) is 12.0. The van der Waals surface area contributed by atoms with Crippen LogP contribution in [0.15, 0.2) is 198 Å². The molecule has 0 unspecified atom stereocenters. The summed E-state index contributed by atoms with van der Waals surface area (Å²) >= 11 is 0. The SMILES string of the molecule is [2H]c1c([2H])c([2H])c(-c2c([2H])c([2H])c(-c3c4ccccc4c(-c4cccc5oc6ccc(-c7ccccc7)cc6c45)c4ccccc34)c([2H])c2-c2c([2H])c([2H])c([2H])c([2H])c2[2H])c([2H])c1[2H]. The Balaban J connectivity index is 1.36. The fraction of sp³-hybridized carbons (Fsp3) is 0. The summed E-state index contributed by atoms with van der Waals surface area (Å²) < 4.78 is 122. The van der Waals surface area contributed by atoms with E-state index < -0.39 is 101 Å². The van der Waals surface area contributed by atoms with E-state index in [-0.39, 0.29) is 5.56 Å². The molecule has 0 spiro atoms. The quantitative estimate of drug-likeness (QED) is 0.167. The summed E-state index contributed by atoms with van der Waals surface area (Å²) in [5.41, 5.74) is 3.39. The Morgan fingerprint density at radius 1 is 0.353 bits per heavy atom. The van der Waals surface area contributed by atoms with Crippen LogP contribution < -0.4 is 0 Å². The molecule has 0 aliphatic carbocycles. The molecule has 9 aromatic carbocycles. The van der Waals surface area contributed by atoms with Crippen molar-refractivity contribution in [1.82, 2.24) is 0 Å². The van der Waals surface area contributed by atoms with Gasteiger partial charge in [-0.2, -0.15) is 0 Å². The number of hydrogen-bond donors (Lipinski definition) is 0. The Kier molecular flexibility index (Phi) is 4.45. The third kappa shape index (κ3) is 4.86. The van der Waals surface area contributed by atoms with E-state index in [2.05, 4.69) is 6.07 Å². The molecule has 0 aliphatic rings. The Morgan fingerprint density at radius 3 is 1.63 bits per heavy atom. The van der Waals surface area contributed by atoms with Crippen LogP contribution in [0.3, 0.4) is 0 Å². The lowest BCUT2D eigenvalue weighted by Gasteiger charge is -2.19. The molecule has 0 N–H and O–H groups in total. The molecule has 51 heavy (non-hydrogen) atoms. The fourth-order valence-corrected chi connectivity index (χ4v) is 7.19. The second-order valence-electron chi connectivity index (χ2n) is 12.2. The summed E-state index contributed by atoms with van der Waals surface area (Å²) in [7, 11) is 0. The van der Waals surface area contributed by atoms with Crippen molar-refractivity contribution < 1.29 is 22.2 Å². The molecule has 1 heteroatoms. The van der Waals surface area contributed by atoms with E-state index in [0.29, 0.717) is 27.5 Å². The van der Waals surface area contributed by atoms with Gasteiger partial charge < -0.3 is 4.42 Å². The van der Waals surface area contributed by atoms with Gasteiger partial charge in [-0.1, -0.05) is 170 Å². The lowest BCUT2D eigenvalue weighted by Crippen LogP contribution is -1.93. The van der Waals surface area contributed by atoms with Crippen LogP contribution in [0, 0.1) is 0 Å². The lowest BCUT2D eigenvalue weighted by atomic mass is 9.83. The Hall–Kier alpha value is -6.70. The smallest absolute Gasteiger partial charge is 0.136 e. The van der Waals surface area contributed by atoms with E-state index in [1.165, 1.54) is 0 Å². The van der Waals surface area contributed by atoms with Crippen LogP contribution in [0.1, 0.15) is 17.8 Å². The van der Waals surface area contributed by atoms with Crippen molar-refractivity contribution in [2.75, 3.05) is 0 Å². The monoisotopic (exact) mass is 661 g/mol. The van der Waals surface area contributed by atoms with Gasteiger partial charge in [0, 0.05) is 10.8 Å². The number of hydrogen-bond acceptors (Lipinski definition) is 1. The summed E-state index contributed by atoms with van der Waals surface area (Å²) in [6.45, 7) is 0. The van der Waals surface area contributed by atoms with Gasteiger partial charge in [0.1, 0.15) is 11.2 Å². The molecular weight excluding hydrogens is 617 g/mol. The zero-order chi connectivity index (χ0) is 45.0. The Labute approximate surface area is 315 Å². The van der Waals surface area contributed by atoms with Crippen molar-refractivity contribution >= 4 is 43.5 Å². The van der Waals surface area contributed by atoms with Crippen molar-refractivity contribution in [2.24, 2.45) is 0 Å². The van der Waals surface area contributed by atoms with Crippen LogP contribution in [-0.4, -0.2) is 0 Å². The predicted octanol–water partition coefficient (Wildman–Crippen LogP) is 14.2. The summed E-state index contributed by atoms with van der Waals surface area (Å²) in [5.74, 6) is 0. The molecule has 0 saturated heterocycles. The van der Waals surface area contributed by atoms with Gasteiger partial charge in [-0.3, -0.25) is 0 Å². The van der Waals surface area contributed by atoms with Gasteiger partial charge in [-0.25, -0.2) is 0 Å². The van der Waals surface area contributed by atoms with E-state index >= 15 is 0 Å². The number of fused-ring (bicyclic) bond motifs is 5. The molecule has 238 valence electrons. The highest BCUT2D eigenvalue weighted by Gasteiger charge is 2.21. The second-order valence-corrected chi connectivity index (χ2v) is 12.2. The highest BCUT2D eigenvalue weighted by molar-refractivity contribution is 6.26. The first-order valence-corrected chi connectivity index (χ1v) is 16.5. The van der Waals surface area contributed by atoms with Crippen LogP contribution in [-0.2, 0) is 0 Å². The standard InChI is InChI=1S/C50H32O/c1-4-15-33(16-5-1)36-28-30-46-45(31-36)50-43(25-14-26-47(50)51-46)49-41-23-12-10-21-39(41)48(40-22-11-13-24-42(40)49)37-27-29-38(34-17-6-2-7-18-34)44(32-37)35-19-8-3-9-20-35/h1-32H/i2D,3D,6D,7D,8D,9D,17D,18D,19D,20D,27D,29D,32D. The molecule has 0 saturated carbocycles. The van der Waals surface area contributed by atoms with Crippen molar-refractivity contribution in [2.45, 2.75) is 0 Å². The van der Waals surface area contributed by atoms with Crippen LogP contribution in [0.25, 0.3) is 99.1 Å². The third-order valence-corrected chi connectivity index (χ3v) is 9.37. The molecule has 0 radical (unpaired) electrons. The first kappa shape index (κ1) is 18.9. The third-order valence-electron chi connectivity index (χ3n) is 9.37. The lowest BCUT2D eigenvalue weighted by molar-refractivity contribution is 0.669. The maximum Gasteiger partial charge on any atom is 0.136 e. The predicted molar refractivity (Wildman–Crippen MR) is 216 cm³/mol. The highest BCUT2D eigenvalue weighted by atomic mass is 16.3. The van der Waals surface area contributed by atoms with Gasteiger partial charge in [0.05, 0.1) is 17.8 Å². The molecule has 0 amide bonds. The van der Waals surface area contributed by atoms with Gasteiger partial charge >= 0.3 is 0 Å². The van der Waals surface area contributed by atoms with Crippen LogP contribution in [0.4, 0.5) is 0 Å². The summed E-state index contributed by atoms with van der Waals surface area (Å²) in [6.07, 6.45) is 0. The summed E-state index contributed by atoms with van der Waals surface area (Å²) in [6, 6.07) is 28.0. The zero-order valence-corrected chi connectivity index (χ0v) is 26.9. The zero-order valence-electron chi connectivity index (χ0n) is 39.9. The van der Waals surface area contributed by atoms with Crippen molar-refractivity contribution in [1.29, 1.82) is 0 Å². The molecule has 0 atom stereocenters. The summed E-state index contributed by atoms with van der Waals surface area (Å²) in [4.78, 5) is 0. The molecule has 10 aromatic rings. The number of benzene rings is 9. The number of rotatable bonds is 5. The van der Waals surface area contributed by atoms with Gasteiger partial charge in [0.2, 0.25) is 0 Å². The van der Waals surface area contributed by atoms with Gasteiger partial charge in [0.15, 0.2) is 0 Å². The van der Waals surface area contributed by atoms with E-state index in [9.17, 15) is 4.11 Å². The first-order valence-electron chi connectivity index (χ1n) is 23.0. The van der Waals surface area contributed by atoms with Gasteiger partial charge in [-0.05, 0) is 101 Å². The largest absolute Gasteiger partial charge is 0.456 e. The van der Waals surface area contributed by atoms with E-state index in [1.54, 1.807) is 0 Å². The molecule has 0 bridgehead atoms. The number of furan rings is 1. The maximum atomic E-state index is 10.1. The molecule has 1 heterocycles. The van der Waals surface area contributed by atoms with E-state index in [0.717, 1.165) is 43.8 Å². The van der Waals surface area contributed by atoms with E-state index in [4.69, 9.17) is 18.1 Å².